The third-order valence-corrected chi connectivity index (χ3v) is 7.40. The van der Waals surface area contributed by atoms with Crippen LogP contribution in [0.25, 0.3) is 0 Å². The summed E-state index contributed by atoms with van der Waals surface area (Å²) < 4.78 is 6.08. The van der Waals surface area contributed by atoms with E-state index >= 15 is 0 Å². The largest absolute Gasteiger partial charge is 0.489 e. The Morgan fingerprint density at radius 1 is 1.11 bits per heavy atom. The fraction of sp³-hybridized carbons (Fsp3) is 0.464. The minimum Gasteiger partial charge on any atom is -0.489 e. The van der Waals surface area contributed by atoms with E-state index in [0.717, 1.165) is 31.1 Å². The van der Waals surface area contributed by atoms with Gasteiger partial charge in [0.15, 0.2) is 0 Å². The minimum absolute atomic E-state index is 0.0243. The van der Waals surface area contributed by atoms with Crippen molar-refractivity contribution >= 4 is 17.8 Å². The molecule has 36 heavy (non-hydrogen) atoms. The maximum absolute atomic E-state index is 13.0. The van der Waals surface area contributed by atoms with E-state index < -0.39 is 17.9 Å². The highest BCUT2D eigenvalue weighted by Crippen LogP contribution is 2.33. The smallest absolute Gasteiger partial charge is 0.303 e. The van der Waals surface area contributed by atoms with Gasteiger partial charge in [0.2, 0.25) is 5.91 Å². The number of carboxylic acids is 1. The summed E-state index contributed by atoms with van der Waals surface area (Å²) in [5.74, 6) is -0.644. The van der Waals surface area contributed by atoms with E-state index in [4.69, 9.17) is 15.6 Å². The first-order valence-corrected chi connectivity index (χ1v) is 12.7. The highest BCUT2D eigenvalue weighted by molar-refractivity contribution is 6.01. The van der Waals surface area contributed by atoms with Crippen LogP contribution in [0.15, 0.2) is 42.5 Å². The number of aliphatic carboxylic acids is 1. The van der Waals surface area contributed by atoms with Crippen molar-refractivity contribution in [2.75, 3.05) is 13.1 Å². The molecule has 0 aromatic heterocycles. The van der Waals surface area contributed by atoms with Crippen molar-refractivity contribution in [3.8, 4) is 5.75 Å². The van der Waals surface area contributed by atoms with E-state index in [2.05, 4.69) is 36.1 Å². The molecule has 2 aliphatic heterocycles. The number of nitrogens with zero attached hydrogens (tertiary/aromatic N) is 2. The summed E-state index contributed by atoms with van der Waals surface area (Å²) in [6.07, 6.45) is 3.57. The molecule has 192 valence electrons. The van der Waals surface area contributed by atoms with Crippen molar-refractivity contribution < 1.29 is 24.2 Å². The van der Waals surface area contributed by atoms with Crippen LogP contribution in [0.5, 0.6) is 5.75 Å². The number of likely N-dealkylation sites (tertiary alicyclic amines) is 1. The molecule has 0 aliphatic carbocycles. The van der Waals surface area contributed by atoms with Crippen LogP contribution in [0.1, 0.15) is 66.1 Å². The van der Waals surface area contributed by atoms with Gasteiger partial charge in [-0.25, -0.2) is 0 Å². The molecule has 2 heterocycles. The normalized spacial score (nSPS) is 17.1. The molecule has 0 saturated carbocycles. The van der Waals surface area contributed by atoms with Gasteiger partial charge in [0, 0.05) is 24.1 Å². The van der Waals surface area contributed by atoms with Gasteiger partial charge in [-0.1, -0.05) is 43.7 Å². The average Bonchev–Trinajstić information content (AvgIpc) is 3.20. The summed E-state index contributed by atoms with van der Waals surface area (Å²) in [4.78, 5) is 39.8. The zero-order chi connectivity index (χ0) is 25.7. The lowest BCUT2D eigenvalue weighted by Crippen LogP contribution is -2.45. The first-order valence-electron chi connectivity index (χ1n) is 12.7. The zero-order valence-electron chi connectivity index (χ0n) is 20.8. The maximum Gasteiger partial charge on any atom is 0.303 e. The number of amides is 2. The third kappa shape index (κ3) is 6.05. The number of nitrogens with two attached hydrogens (primary N) is 1. The molecular formula is C28H35N3O5. The molecule has 2 amide bonds. The highest BCUT2D eigenvalue weighted by Gasteiger charge is 2.37. The Morgan fingerprint density at radius 3 is 2.44 bits per heavy atom. The molecule has 0 spiro atoms. The highest BCUT2D eigenvalue weighted by atomic mass is 16.5. The summed E-state index contributed by atoms with van der Waals surface area (Å²) in [7, 11) is 0. The van der Waals surface area contributed by atoms with Crippen LogP contribution in [-0.2, 0) is 29.3 Å². The van der Waals surface area contributed by atoms with Gasteiger partial charge in [-0.05, 0) is 61.5 Å². The van der Waals surface area contributed by atoms with Crippen LogP contribution in [-0.4, -0.2) is 51.8 Å². The molecule has 2 aromatic rings. The van der Waals surface area contributed by atoms with Gasteiger partial charge in [-0.2, -0.15) is 0 Å². The average molecular weight is 494 g/mol. The van der Waals surface area contributed by atoms with Crippen molar-refractivity contribution in [1.82, 2.24) is 9.80 Å². The number of piperidine rings is 1. The number of ether oxygens (including phenoxy) is 1. The summed E-state index contributed by atoms with van der Waals surface area (Å²) >= 11 is 0. The molecule has 3 N–H and O–H groups in total. The van der Waals surface area contributed by atoms with Gasteiger partial charge >= 0.3 is 5.97 Å². The standard InChI is InChI=1S/C28H35N3O5/c1-2-19-12-14-30(15-13-19)16-20-6-8-21(9-7-20)18-36-25-5-3-4-22-23(25)17-31(28(22)35)24(27(29)34)10-11-26(32)33/h3-9,19,24H,2,10-18H2,1H3,(H2,29,34)(H,32,33). The molecule has 4 rings (SSSR count). The van der Waals surface area contributed by atoms with Gasteiger partial charge in [0.05, 0.1) is 6.54 Å². The fourth-order valence-electron chi connectivity index (χ4n) is 5.14. The number of rotatable bonds is 11. The first-order chi connectivity index (χ1) is 17.4. The van der Waals surface area contributed by atoms with Gasteiger partial charge in [-0.15, -0.1) is 0 Å². The third-order valence-electron chi connectivity index (χ3n) is 7.40. The lowest BCUT2D eigenvalue weighted by molar-refractivity contribution is -0.137. The second-order valence-electron chi connectivity index (χ2n) is 9.80. The van der Waals surface area contributed by atoms with Crippen LogP contribution in [0.2, 0.25) is 0 Å². The van der Waals surface area contributed by atoms with E-state index in [0.29, 0.717) is 23.5 Å². The number of carbonyl (C=O) groups excluding carboxylic acids is 2. The molecule has 1 fully saturated rings. The number of hydrogen-bond donors (Lipinski definition) is 2. The Bertz CT molecular complexity index is 1090. The molecule has 2 aliphatic rings. The molecule has 1 saturated heterocycles. The number of fused-ring (bicyclic) bond motifs is 1. The van der Waals surface area contributed by atoms with Crippen molar-refractivity contribution in [2.45, 2.75) is 64.8 Å². The zero-order valence-corrected chi connectivity index (χ0v) is 20.8. The molecule has 1 atom stereocenters. The predicted molar refractivity (Wildman–Crippen MR) is 135 cm³/mol. The predicted octanol–water partition coefficient (Wildman–Crippen LogP) is 3.56. The quantitative estimate of drug-likeness (QED) is 0.495. The van der Waals surface area contributed by atoms with E-state index in [1.165, 1.54) is 29.7 Å². The SMILES string of the molecule is CCC1CCN(Cc2ccc(COc3cccc4c3CN(C(CCC(=O)O)C(N)=O)C4=O)cc2)CC1. The van der Waals surface area contributed by atoms with Gasteiger partial charge in [0.25, 0.3) is 5.91 Å². The van der Waals surface area contributed by atoms with Crippen molar-refractivity contribution in [1.29, 1.82) is 0 Å². The monoisotopic (exact) mass is 493 g/mol. The molecule has 0 bridgehead atoms. The van der Waals surface area contributed by atoms with Gasteiger partial charge in [-0.3, -0.25) is 19.3 Å². The van der Waals surface area contributed by atoms with Crippen molar-refractivity contribution in [2.24, 2.45) is 11.7 Å². The van der Waals surface area contributed by atoms with E-state index in [-0.39, 0.29) is 25.3 Å². The van der Waals surface area contributed by atoms with Crippen LogP contribution in [0.3, 0.4) is 0 Å². The Kier molecular flexibility index (Phi) is 8.25. The summed E-state index contributed by atoms with van der Waals surface area (Å²) in [5, 5.41) is 8.99. The number of carbonyl (C=O) groups is 3. The van der Waals surface area contributed by atoms with E-state index in [1.807, 2.05) is 0 Å². The first kappa shape index (κ1) is 25.7. The van der Waals surface area contributed by atoms with Crippen molar-refractivity contribution in [3.63, 3.8) is 0 Å². The summed E-state index contributed by atoms with van der Waals surface area (Å²) in [6, 6.07) is 12.7. The Labute approximate surface area is 212 Å². The van der Waals surface area contributed by atoms with Crippen LogP contribution in [0, 0.1) is 5.92 Å². The second kappa shape index (κ2) is 11.6. The Morgan fingerprint density at radius 2 is 1.81 bits per heavy atom. The topological polar surface area (TPSA) is 113 Å². The minimum atomic E-state index is -1.04. The molecular weight excluding hydrogens is 458 g/mol. The van der Waals surface area contributed by atoms with Crippen molar-refractivity contribution in [3.05, 3.63) is 64.7 Å². The maximum atomic E-state index is 13.0. The van der Waals surface area contributed by atoms with Crippen LogP contribution < -0.4 is 10.5 Å². The van der Waals surface area contributed by atoms with E-state index in [1.54, 1.807) is 18.2 Å². The number of primary amides is 1. The summed E-state index contributed by atoms with van der Waals surface area (Å²) in [5.41, 5.74) is 8.95. The summed E-state index contributed by atoms with van der Waals surface area (Å²) in [6.45, 7) is 6.07. The van der Waals surface area contributed by atoms with Gasteiger partial charge in [0.1, 0.15) is 18.4 Å². The fourth-order valence-corrected chi connectivity index (χ4v) is 5.14. The van der Waals surface area contributed by atoms with E-state index in [9.17, 15) is 14.4 Å². The lowest BCUT2D eigenvalue weighted by Gasteiger charge is -2.31. The molecule has 0 radical (unpaired) electrons. The lowest BCUT2D eigenvalue weighted by atomic mass is 9.94. The molecule has 1 unspecified atom stereocenters. The number of benzene rings is 2. The Balaban J connectivity index is 1.37. The van der Waals surface area contributed by atoms with Crippen LogP contribution in [0.4, 0.5) is 0 Å². The second-order valence-corrected chi connectivity index (χ2v) is 9.80. The van der Waals surface area contributed by atoms with Gasteiger partial charge < -0.3 is 20.5 Å². The number of hydrogen-bond acceptors (Lipinski definition) is 5. The molecule has 2 aromatic carbocycles. The van der Waals surface area contributed by atoms with Crippen LogP contribution >= 0.6 is 0 Å². The number of carboxylic acid groups (broad SMARTS) is 1. The Hall–Kier alpha value is -3.39. The molecule has 8 heteroatoms. The molecule has 8 nitrogen and oxygen atoms in total.